The van der Waals surface area contributed by atoms with E-state index in [1.807, 2.05) is 0 Å². The van der Waals surface area contributed by atoms with E-state index in [2.05, 4.69) is 0 Å². The van der Waals surface area contributed by atoms with Crippen molar-refractivity contribution >= 4 is 106 Å². The van der Waals surface area contributed by atoms with E-state index in [-0.39, 0.29) is 77.1 Å². The van der Waals surface area contributed by atoms with Crippen molar-refractivity contribution in [1.82, 2.24) is 0 Å². The van der Waals surface area contributed by atoms with Gasteiger partial charge in [0.2, 0.25) is 0 Å². The third kappa shape index (κ3) is 7.26. The lowest BCUT2D eigenvalue weighted by Gasteiger charge is -2.42. The number of benzene rings is 7. The topological polar surface area (TPSA) is 22.9 Å². The first-order valence-corrected chi connectivity index (χ1v) is 23.0. The molecule has 0 fully saturated rings. The minimum absolute atomic E-state index is 0.0122. The Hall–Kier alpha value is -6.50. The van der Waals surface area contributed by atoms with Crippen LogP contribution in [0.3, 0.4) is 0 Å². The lowest BCUT2D eigenvalue weighted by atomic mass is 9.38. The molecule has 6 heteroatoms. The van der Waals surface area contributed by atoms with Crippen molar-refractivity contribution in [1.29, 1.82) is 0 Å². The molecule has 2 aliphatic rings. The van der Waals surface area contributed by atoms with Gasteiger partial charge < -0.3 is 19.1 Å². The highest BCUT2D eigenvalue weighted by atomic mass is 32.1. The molecule has 4 heterocycles. The third-order valence-corrected chi connectivity index (χ3v) is 13.1. The van der Waals surface area contributed by atoms with Crippen LogP contribution in [0, 0.1) is 0 Å². The molecule has 9 aromatic rings. The van der Waals surface area contributed by atoms with Crippen LogP contribution in [0.1, 0.15) is 141 Å². The first-order chi connectivity index (χ1) is 43.1. The van der Waals surface area contributed by atoms with E-state index >= 15 is 0 Å². The predicted molar refractivity (Wildman–Crippen MR) is 295 cm³/mol. The van der Waals surface area contributed by atoms with E-state index in [0.717, 1.165) is 21.1 Å². The van der Waals surface area contributed by atoms with Crippen molar-refractivity contribution in [3.63, 3.8) is 0 Å². The second-order valence-corrected chi connectivity index (χ2v) is 22.1. The maximum absolute atomic E-state index is 11.1. The number of rotatable bonds is 5. The molecule has 340 valence electrons. The average Bonchev–Trinajstić information content (AvgIpc) is 1.33. The molecule has 7 aromatic carbocycles. The molecule has 0 saturated heterocycles. The minimum Gasteiger partial charge on any atom is -0.468 e. The molecule has 0 radical (unpaired) electrons. The monoisotopic (exact) mass is 934 g/mol. The number of furan rings is 1. The highest BCUT2D eigenvalue weighted by Crippen LogP contribution is 2.53. The molecule has 0 N–H and O–H groups in total. The summed E-state index contributed by atoms with van der Waals surface area (Å²) < 4.78 is 260. The SMILES string of the molecule is [2H]c1c([2H])c([2H])c(N(c2c([2H])c([2H])c([2H])c([2H])c2[2H])c2c([2H])c3c4c(c2[2H])N(c2c([2H])c([2H])c(C(C)(C)C)c([2H])c2[2H])c2c(sc5c([2H])c([2H])c(C(C)(C)C)c([2H])c25)B4c2oc4c([2H])c([2H])c(C(C)(C)C)c([2H])c4c2N3c2c([2H])c([2H])c(C(C)(C)C)c([2H])c2[2H])c([2H])c1[2H]. The fourth-order valence-electron chi connectivity index (χ4n) is 8.35. The van der Waals surface area contributed by atoms with Gasteiger partial charge in [0.05, 0.1) is 52.7 Å². The summed E-state index contributed by atoms with van der Waals surface area (Å²) in [4.78, 5) is 2.63. The lowest BCUT2D eigenvalue weighted by molar-refractivity contribution is 0.590. The first-order valence-electron chi connectivity index (χ1n) is 35.2. The molecule has 2 aromatic heterocycles. The summed E-state index contributed by atoms with van der Waals surface area (Å²) in [6.45, 7) is 18.4. The van der Waals surface area contributed by atoms with Gasteiger partial charge >= 0.3 is 6.71 Å². The Balaban J connectivity index is 1.56. The molecular formula is C62H62BN3OS. The zero-order valence-electron chi connectivity index (χ0n) is 65.7. The van der Waals surface area contributed by atoms with Gasteiger partial charge in [-0.15, -0.1) is 11.3 Å². The summed E-state index contributed by atoms with van der Waals surface area (Å²) in [5.74, 6) is 0. The second kappa shape index (κ2) is 15.5. The number of hydrogen-bond donors (Lipinski definition) is 0. The number of para-hydroxylation sites is 2. The summed E-state index contributed by atoms with van der Waals surface area (Å²) in [6.07, 6.45) is 0. The fraction of sp³-hybridized carbons (Fsp3) is 0.258. The van der Waals surface area contributed by atoms with Crippen molar-refractivity contribution in [3.8, 4) is 0 Å². The Morgan fingerprint density at radius 1 is 0.471 bits per heavy atom. The van der Waals surface area contributed by atoms with E-state index in [4.69, 9.17) is 12.6 Å². The van der Waals surface area contributed by atoms with Crippen LogP contribution in [-0.2, 0) is 21.7 Å². The first kappa shape index (κ1) is 23.7. The van der Waals surface area contributed by atoms with Crippen LogP contribution >= 0.6 is 11.3 Å². The highest BCUT2D eigenvalue weighted by molar-refractivity contribution is 7.33. The average molecular weight is 934 g/mol. The molecule has 2 aliphatic heterocycles. The van der Waals surface area contributed by atoms with Gasteiger partial charge in [-0.05, 0) is 134 Å². The van der Waals surface area contributed by atoms with Gasteiger partial charge in [0.15, 0.2) is 0 Å². The zero-order chi connectivity index (χ0) is 70.3. The summed E-state index contributed by atoms with van der Waals surface area (Å²) in [5, 5.41) is -0.468. The molecular weight excluding hydrogens is 846 g/mol. The summed E-state index contributed by atoms with van der Waals surface area (Å²) in [7, 11) is 0. The van der Waals surface area contributed by atoms with Crippen LogP contribution < -0.4 is 30.6 Å². The van der Waals surface area contributed by atoms with E-state index in [1.54, 1.807) is 83.1 Å². The van der Waals surface area contributed by atoms with Gasteiger partial charge in [0, 0.05) is 54.4 Å². The van der Waals surface area contributed by atoms with Crippen LogP contribution in [-0.4, -0.2) is 6.71 Å². The van der Waals surface area contributed by atoms with Crippen molar-refractivity contribution in [2.24, 2.45) is 0 Å². The molecule has 0 aliphatic carbocycles. The summed E-state index contributed by atoms with van der Waals surface area (Å²) >= 11 is 0.797. The standard InChI is InChI=1S/C62H62BN3OS/c1-59(2,3)39-23-29-45(30-24-39)65-50-37-47(64(43-19-15-13-16-20-43)44-21-17-14-18-22-44)38-51-54(50)63(57-55(65)48-35-41(61(7,8)9)27-33-52(48)67-57)58-56(49-36-42(62(10,11)12)28-34-53(49)68-58)66(51)46-31-25-40(26-32-46)60(4,5)6/h13-38H,1-12H3/i13D,14D,15D,16D,17D,18D,19D,20D,21D,22D,23D,24D,25D,26D,27D,28D,29D,30D,31D,32D,33D,34D,35D,36D,37D,38D. The fourth-order valence-corrected chi connectivity index (χ4v) is 9.55. The Labute approximate surface area is 444 Å². The van der Waals surface area contributed by atoms with Gasteiger partial charge in [-0.1, -0.05) is 156 Å². The van der Waals surface area contributed by atoms with Gasteiger partial charge in [0.25, 0.3) is 0 Å². The molecule has 0 bridgehead atoms. The quantitative estimate of drug-likeness (QED) is 0.160. The van der Waals surface area contributed by atoms with E-state index in [9.17, 15) is 27.4 Å². The molecule has 11 rings (SSSR count). The molecule has 0 saturated carbocycles. The van der Waals surface area contributed by atoms with E-state index in [1.165, 1.54) is 0 Å². The minimum atomic E-state index is -1.71. The zero-order valence-corrected chi connectivity index (χ0v) is 40.6. The van der Waals surface area contributed by atoms with Gasteiger partial charge in [-0.2, -0.15) is 0 Å². The normalized spacial score (nSPS) is 19.1. The van der Waals surface area contributed by atoms with E-state index < -0.39 is 219 Å². The molecule has 0 amide bonds. The summed E-state index contributed by atoms with van der Waals surface area (Å²) in [5.41, 5.74) is -12.1. The van der Waals surface area contributed by atoms with Crippen LogP contribution in [0.2, 0.25) is 0 Å². The predicted octanol–water partition coefficient (Wildman–Crippen LogP) is 16.4. The van der Waals surface area contributed by atoms with Crippen LogP contribution in [0.5, 0.6) is 0 Å². The van der Waals surface area contributed by atoms with Crippen LogP contribution in [0.15, 0.2) is 162 Å². The molecule has 0 atom stereocenters. The Morgan fingerprint density at radius 2 is 0.912 bits per heavy atom. The number of fused-ring (bicyclic) bond motifs is 8. The third-order valence-electron chi connectivity index (χ3n) is 11.9. The van der Waals surface area contributed by atoms with Crippen molar-refractivity contribution in [2.45, 2.75) is 105 Å². The van der Waals surface area contributed by atoms with E-state index in [0.29, 0.717) is 4.90 Å². The van der Waals surface area contributed by atoms with Crippen molar-refractivity contribution in [3.05, 3.63) is 179 Å². The molecule has 4 nitrogen and oxygen atoms in total. The number of hydrogen-bond acceptors (Lipinski definition) is 5. The lowest BCUT2D eigenvalue weighted by Crippen LogP contribution is -2.60. The Morgan fingerprint density at radius 3 is 1.40 bits per heavy atom. The summed E-state index contributed by atoms with van der Waals surface area (Å²) in [6, 6.07) is -20.9. The van der Waals surface area contributed by atoms with Crippen molar-refractivity contribution in [2.75, 3.05) is 14.7 Å². The molecule has 68 heavy (non-hydrogen) atoms. The van der Waals surface area contributed by atoms with Gasteiger partial charge in [-0.25, -0.2) is 0 Å². The van der Waals surface area contributed by atoms with Crippen molar-refractivity contribution < 1.29 is 40.1 Å². The highest BCUT2D eigenvalue weighted by Gasteiger charge is 2.49. The smallest absolute Gasteiger partial charge is 0.309 e. The number of thiophene rings is 1. The Kier molecular flexibility index (Phi) is 5.40. The number of anilines is 9. The molecule has 0 spiro atoms. The second-order valence-electron chi connectivity index (χ2n) is 21.1. The Bertz CT molecular complexity index is 4540. The van der Waals surface area contributed by atoms with Crippen LogP contribution in [0.4, 0.5) is 51.2 Å². The van der Waals surface area contributed by atoms with Gasteiger partial charge in [-0.3, -0.25) is 0 Å². The van der Waals surface area contributed by atoms with Crippen LogP contribution in [0.25, 0.3) is 21.1 Å². The number of nitrogens with zero attached hydrogens (tertiary/aromatic N) is 3. The molecule has 0 unspecified atom stereocenters. The maximum atomic E-state index is 11.1. The maximum Gasteiger partial charge on any atom is 0.309 e. The van der Waals surface area contributed by atoms with Gasteiger partial charge in [0.1, 0.15) is 11.2 Å². The largest absolute Gasteiger partial charge is 0.468 e.